The summed E-state index contributed by atoms with van der Waals surface area (Å²) in [6, 6.07) is 13.9. The van der Waals surface area contributed by atoms with E-state index in [2.05, 4.69) is 5.32 Å². The Balaban J connectivity index is 1.50. The Hall–Kier alpha value is -4.75. The molecule has 12 heteroatoms. The number of carbonyl (C=O) groups excluding carboxylic acids is 2. The Bertz CT molecular complexity index is 2000. The highest BCUT2D eigenvalue weighted by Gasteiger charge is 2.33. The molecule has 2 amide bonds. The van der Waals surface area contributed by atoms with E-state index < -0.39 is 34.9 Å². The standard InChI is InChI=1S/C34H32N2O9S/c1-18(46)10-12-43-14-16-45-17-15-44-13-11-36-32(38)29-26-22-7-3-5-19-4-2-6-20(24(19)22)21-8-9-23(33(39)40)27(25(21)26)30(34(41)42)28(29)31(35)37/h2-9H,10-17H2,1H3,(H2,35,37)(H,36,38)(H,39,40)(H,41,42). The van der Waals surface area contributed by atoms with Crippen LogP contribution in [0.2, 0.25) is 0 Å². The van der Waals surface area contributed by atoms with Crippen LogP contribution in [-0.2, 0) is 14.2 Å². The van der Waals surface area contributed by atoms with Crippen molar-refractivity contribution in [1.29, 1.82) is 0 Å². The van der Waals surface area contributed by atoms with Gasteiger partial charge in [0.15, 0.2) is 0 Å². The second-order valence-corrected chi connectivity index (χ2v) is 11.3. The molecule has 0 saturated carbocycles. The van der Waals surface area contributed by atoms with Gasteiger partial charge in [-0.1, -0.05) is 54.7 Å². The summed E-state index contributed by atoms with van der Waals surface area (Å²) in [7, 11) is 0. The largest absolute Gasteiger partial charge is 0.478 e. The van der Waals surface area contributed by atoms with Gasteiger partial charge < -0.3 is 35.5 Å². The van der Waals surface area contributed by atoms with Gasteiger partial charge in [-0.2, -0.15) is 0 Å². The zero-order valence-corrected chi connectivity index (χ0v) is 25.8. The van der Waals surface area contributed by atoms with Gasteiger partial charge in [-0.15, -0.1) is 0 Å². The molecule has 11 nitrogen and oxygen atoms in total. The molecule has 0 aliphatic heterocycles. The zero-order chi connectivity index (χ0) is 33.0. The molecule has 5 rings (SSSR count). The number of primary amides is 1. The fourth-order valence-electron chi connectivity index (χ4n) is 5.84. The number of carbonyl (C=O) groups is 4. The van der Waals surface area contributed by atoms with E-state index in [1.165, 1.54) is 6.07 Å². The van der Waals surface area contributed by atoms with Crippen LogP contribution in [0.4, 0.5) is 0 Å². The fraction of sp³-hybridized carbons (Fsp3) is 0.265. The molecular formula is C34H32N2O9S. The zero-order valence-electron chi connectivity index (χ0n) is 25.0. The summed E-state index contributed by atoms with van der Waals surface area (Å²) in [4.78, 5) is 53.0. The monoisotopic (exact) mass is 644 g/mol. The first-order chi connectivity index (χ1) is 22.1. The Morgan fingerprint density at radius 3 is 1.91 bits per heavy atom. The van der Waals surface area contributed by atoms with Gasteiger partial charge in [-0.05, 0) is 50.2 Å². The van der Waals surface area contributed by atoms with E-state index in [0.717, 1.165) is 27.4 Å². The van der Waals surface area contributed by atoms with Crippen LogP contribution in [0, 0.1) is 0 Å². The lowest BCUT2D eigenvalue weighted by Gasteiger charge is -2.22. The third kappa shape index (κ3) is 6.33. The minimum absolute atomic E-state index is 0.0275. The van der Waals surface area contributed by atoms with E-state index >= 15 is 0 Å². The molecule has 5 aromatic carbocycles. The van der Waals surface area contributed by atoms with E-state index in [-0.39, 0.29) is 47.0 Å². The third-order valence-electron chi connectivity index (χ3n) is 7.71. The Labute approximate surface area is 268 Å². The number of carboxylic acids is 2. The van der Waals surface area contributed by atoms with Gasteiger partial charge in [0.25, 0.3) is 5.91 Å². The van der Waals surface area contributed by atoms with E-state index in [1.54, 1.807) is 18.2 Å². The van der Waals surface area contributed by atoms with Crippen LogP contribution in [0.1, 0.15) is 54.8 Å². The van der Waals surface area contributed by atoms with Crippen LogP contribution >= 0.6 is 12.2 Å². The summed E-state index contributed by atoms with van der Waals surface area (Å²) >= 11 is 5.00. The molecular weight excluding hydrogens is 612 g/mol. The maximum Gasteiger partial charge on any atom is 0.337 e. The molecule has 0 heterocycles. The Morgan fingerprint density at radius 1 is 0.696 bits per heavy atom. The number of fused-ring (bicyclic) bond motifs is 2. The Morgan fingerprint density at radius 2 is 1.30 bits per heavy atom. The van der Waals surface area contributed by atoms with Crippen LogP contribution in [0.15, 0.2) is 48.5 Å². The number of rotatable bonds is 16. The lowest BCUT2D eigenvalue weighted by molar-refractivity contribution is 0.0164. The molecule has 0 fully saturated rings. The van der Waals surface area contributed by atoms with E-state index in [4.69, 9.17) is 32.2 Å². The minimum atomic E-state index is -1.59. The average Bonchev–Trinajstić information content (AvgIpc) is 3.02. The molecule has 46 heavy (non-hydrogen) atoms. The highest BCUT2D eigenvalue weighted by Crippen LogP contribution is 2.45. The summed E-state index contributed by atoms with van der Waals surface area (Å²) in [6.07, 6.45) is 0.719. The van der Waals surface area contributed by atoms with Crippen LogP contribution in [0.3, 0.4) is 0 Å². The maximum absolute atomic E-state index is 13.9. The molecule has 0 atom stereocenters. The second kappa shape index (κ2) is 14.1. The van der Waals surface area contributed by atoms with Gasteiger partial charge in [0.05, 0.1) is 61.9 Å². The highest BCUT2D eigenvalue weighted by molar-refractivity contribution is 7.80. The van der Waals surface area contributed by atoms with Crippen molar-refractivity contribution in [2.75, 3.05) is 46.2 Å². The molecule has 5 aromatic rings. The first kappa shape index (κ1) is 32.6. The Kier molecular flexibility index (Phi) is 10.0. The average molecular weight is 645 g/mol. The molecule has 238 valence electrons. The van der Waals surface area contributed by atoms with Crippen molar-refractivity contribution in [3.63, 3.8) is 0 Å². The molecule has 0 aromatic heterocycles. The van der Waals surface area contributed by atoms with Crippen molar-refractivity contribution in [3.05, 3.63) is 70.8 Å². The van der Waals surface area contributed by atoms with Crippen LogP contribution in [0.25, 0.3) is 43.1 Å². The van der Waals surface area contributed by atoms with Crippen molar-refractivity contribution in [2.45, 2.75) is 13.3 Å². The second-order valence-electron chi connectivity index (χ2n) is 10.6. The predicted molar refractivity (Wildman–Crippen MR) is 178 cm³/mol. The first-order valence-electron chi connectivity index (χ1n) is 14.6. The van der Waals surface area contributed by atoms with Crippen molar-refractivity contribution < 1.29 is 43.6 Å². The normalized spacial score (nSPS) is 11.5. The molecule has 5 N–H and O–H groups in total. The summed E-state index contributed by atoms with van der Waals surface area (Å²) in [5, 5.41) is 26.9. The number of thiocarbonyl (C=S) groups is 1. The summed E-state index contributed by atoms with van der Waals surface area (Å²) < 4.78 is 16.5. The fourth-order valence-corrected chi connectivity index (χ4v) is 5.92. The number of aromatic carboxylic acids is 2. The molecule has 0 spiro atoms. The van der Waals surface area contributed by atoms with Crippen LogP contribution in [-0.4, -0.2) is 85.0 Å². The van der Waals surface area contributed by atoms with Crippen molar-refractivity contribution in [2.24, 2.45) is 5.73 Å². The van der Waals surface area contributed by atoms with E-state index in [1.807, 2.05) is 31.2 Å². The smallest absolute Gasteiger partial charge is 0.337 e. The number of amides is 2. The number of nitrogens with two attached hydrogens (primary N) is 1. The SMILES string of the molecule is CC(=S)CCOCCOCCOCCNC(=O)c1c(C(N)=O)c(C(=O)O)c2c(C(=O)O)ccc3c4cccc5cccc(c1c23)c54. The van der Waals surface area contributed by atoms with Crippen LogP contribution < -0.4 is 11.1 Å². The third-order valence-corrected chi connectivity index (χ3v) is 7.92. The molecule has 0 radical (unpaired) electrons. The number of hydrogen-bond acceptors (Lipinski definition) is 8. The molecule has 0 bridgehead atoms. The molecule has 0 saturated heterocycles. The van der Waals surface area contributed by atoms with Crippen molar-refractivity contribution in [1.82, 2.24) is 5.32 Å². The highest BCUT2D eigenvalue weighted by atomic mass is 32.1. The predicted octanol–water partition coefficient (Wildman–Crippen LogP) is 4.79. The van der Waals surface area contributed by atoms with Gasteiger partial charge in [0.2, 0.25) is 5.91 Å². The number of ether oxygens (including phenoxy) is 3. The van der Waals surface area contributed by atoms with Gasteiger partial charge >= 0.3 is 11.9 Å². The van der Waals surface area contributed by atoms with E-state index in [9.17, 15) is 29.4 Å². The van der Waals surface area contributed by atoms with Crippen LogP contribution in [0.5, 0.6) is 0 Å². The van der Waals surface area contributed by atoms with Crippen molar-refractivity contribution in [3.8, 4) is 0 Å². The topological polar surface area (TPSA) is 174 Å². The van der Waals surface area contributed by atoms with E-state index in [0.29, 0.717) is 37.2 Å². The number of hydrogen-bond donors (Lipinski definition) is 4. The number of benzene rings is 5. The van der Waals surface area contributed by atoms with Crippen molar-refractivity contribution >= 4 is 83.9 Å². The lowest BCUT2D eigenvalue weighted by Crippen LogP contribution is -2.31. The van der Waals surface area contributed by atoms with Gasteiger partial charge in [0.1, 0.15) is 0 Å². The first-order valence-corrected chi connectivity index (χ1v) is 15.0. The molecule has 0 aliphatic carbocycles. The van der Waals surface area contributed by atoms with Gasteiger partial charge in [-0.3, -0.25) is 9.59 Å². The maximum atomic E-state index is 13.9. The molecule has 0 aliphatic rings. The summed E-state index contributed by atoms with van der Waals surface area (Å²) in [5.74, 6) is -4.91. The summed E-state index contributed by atoms with van der Waals surface area (Å²) in [6.45, 7) is 3.93. The summed E-state index contributed by atoms with van der Waals surface area (Å²) in [5.41, 5.74) is 3.99. The van der Waals surface area contributed by atoms with Gasteiger partial charge in [-0.25, -0.2) is 9.59 Å². The lowest BCUT2D eigenvalue weighted by atomic mass is 9.81. The van der Waals surface area contributed by atoms with Gasteiger partial charge in [0, 0.05) is 23.7 Å². The number of carboxylic acid groups (broad SMARTS) is 2. The number of nitrogens with one attached hydrogen (secondary N) is 1. The quantitative estimate of drug-likeness (QED) is 0.0506. The minimum Gasteiger partial charge on any atom is -0.478 e. The molecule has 0 unspecified atom stereocenters.